The summed E-state index contributed by atoms with van der Waals surface area (Å²) in [5.41, 5.74) is 4.27. The van der Waals surface area contributed by atoms with E-state index >= 15 is 0 Å². The van der Waals surface area contributed by atoms with Crippen LogP contribution in [0.5, 0.6) is 0 Å². The zero-order chi connectivity index (χ0) is 20.6. The number of ketones is 1. The number of aromatic nitrogens is 4. The number of aromatic amines is 2. The molecule has 0 aliphatic rings. The highest BCUT2D eigenvalue weighted by atomic mass is 32.2. The summed E-state index contributed by atoms with van der Waals surface area (Å²) in [4.78, 5) is 27.2. The van der Waals surface area contributed by atoms with E-state index in [0.29, 0.717) is 12.2 Å². The maximum absolute atomic E-state index is 12.0. The molecule has 0 aliphatic heterocycles. The quantitative estimate of drug-likeness (QED) is 0.189. The second kappa shape index (κ2) is 10.1. The Hall–Kier alpha value is -3.12. The zero-order valence-corrected chi connectivity index (χ0v) is 17.5. The van der Waals surface area contributed by atoms with Crippen molar-refractivity contribution in [2.75, 3.05) is 5.75 Å². The Morgan fingerprint density at radius 3 is 2.33 bits per heavy atom. The predicted molar refractivity (Wildman–Crippen MR) is 122 cm³/mol. The van der Waals surface area contributed by atoms with Crippen LogP contribution in [0.4, 0.5) is 0 Å². The Balaban J connectivity index is 1.34. The van der Waals surface area contributed by atoms with Gasteiger partial charge in [0.25, 0.3) is 0 Å². The van der Waals surface area contributed by atoms with Gasteiger partial charge in [-0.2, -0.15) is 0 Å². The van der Waals surface area contributed by atoms with Gasteiger partial charge >= 0.3 is 0 Å². The van der Waals surface area contributed by atoms with Crippen LogP contribution in [0, 0.1) is 0 Å². The molecule has 152 valence electrons. The summed E-state index contributed by atoms with van der Waals surface area (Å²) in [7, 11) is 0. The van der Waals surface area contributed by atoms with E-state index in [1.54, 1.807) is 24.2 Å². The number of hydrogen-bond donors (Lipinski definition) is 2. The fraction of sp³-hybridized carbons (Fsp3) is 0.208. The summed E-state index contributed by atoms with van der Waals surface area (Å²) in [5.74, 6) is 1.51. The van der Waals surface area contributed by atoms with Crippen LogP contribution >= 0.6 is 11.8 Å². The van der Waals surface area contributed by atoms with Gasteiger partial charge < -0.3 is 9.97 Å². The number of carbonyl (C=O) groups excluding carboxylic acids is 1. The van der Waals surface area contributed by atoms with Gasteiger partial charge in [-0.15, -0.1) is 0 Å². The van der Waals surface area contributed by atoms with E-state index in [1.807, 2.05) is 36.4 Å². The van der Waals surface area contributed by atoms with Crippen molar-refractivity contribution in [3.63, 3.8) is 0 Å². The van der Waals surface area contributed by atoms with E-state index in [2.05, 4.69) is 39.2 Å². The number of hydrogen-bond acceptors (Lipinski definition) is 4. The third-order valence-corrected chi connectivity index (χ3v) is 5.80. The monoisotopic (exact) mass is 416 g/mol. The maximum Gasteiger partial charge on any atom is 0.198 e. The number of Topliss-reactive ketones (excluding diaryl/α,β-unsaturated/α-hetero) is 1. The van der Waals surface area contributed by atoms with Crippen LogP contribution < -0.4 is 0 Å². The van der Waals surface area contributed by atoms with Crippen LogP contribution in [0.15, 0.2) is 78.2 Å². The van der Waals surface area contributed by atoms with Crippen molar-refractivity contribution in [2.45, 2.75) is 30.8 Å². The molecule has 2 heterocycles. The lowest BCUT2D eigenvalue weighted by Crippen LogP contribution is -2.01. The van der Waals surface area contributed by atoms with E-state index in [4.69, 9.17) is 4.98 Å². The standard InChI is InChI=1S/C24H24N4OS/c29-20(23-25-15-16-26-23)14-8-3-9-17-30-24-27-21(18-10-4-1-5-11-18)22(28-24)19-12-6-2-7-13-19/h1-2,4-7,10-13,15-16H,3,8-9,14,17H2,(H,25,26)(H,27,28). The minimum atomic E-state index is 0.0821. The molecule has 0 saturated carbocycles. The van der Waals surface area contributed by atoms with E-state index in [1.165, 1.54) is 0 Å². The summed E-state index contributed by atoms with van der Waals surface area (Å²) >= 11 is 1.73. The molecule has 0 amide bonds. The molecule has 2 N–H and O–H groups in total. The van der Waals surface area contributed by atoms with E-state index in [-0.39, 0.29) is 5.78 Å². The van der Waals surface area contributed by atoms with Crippen LogP contribution in [0.3, 0.4) is 0 Å². The van der Waals surface area contributed by atoms with Gasteiger partial charge in [0, 0.05) is 35.7 Å². The molecule has 4 aromatic rings. The van der Waals surface area contributed by atoms with Gasteiger partial charge in [0.15, 0.2) is 16.8 Å². The SMILES string of the molecule is O=C(CCCCCSc1nc(-c2ccccc2)c(-c2ccccc2)[nH]1)c1ncc[nH]1. The van der Waals surface area contributed by atoms with Crippen molar-refractivity contribution in [3.8, 4) is 22.5 Å². The first-order chi connectivity index (χ1) is 14.8. The first kappa shape index (κ1) is 20.2. The van der Waals surface area contributed by atoms with Crippen LogP contribution in [0.1, 0.15) is 36.3 Å². The van der Waals surface area contributed by atoms with Gasteiger partial charge in [0.05, 0.1) is 11.4 Å². The number of nitrogens with zero attached hydrogens (tertiary/aromatic N) is 2. The molecular weight excluding hydrogens is 392 g/mol. The summed E-state index contributed by atoms with van der Waals surface area (Å²) in [5, 5.41) is 0.930. The van der Waals surface area contributed by atoms with Crippen molar-refractivity contribution in [1.29, 1.82) is 0 Å². The fourth-order valence-corrected chi connectivity index (χ4v) is 4.18. The van der Waals surface area contributed by atoms with Gasteiger partial charge in [-0.3, -0.25) is 4.79 Å². The number of carbonyl (C=O) groups is 1. The van der Waals surface area contributed by atoms with Gasteiger partial charge in [-0.25, -0.2) is 9.97 Å². The number of nitrogens with one attached hydrogen (secondary N) is 2. The average molecular weight is 417 g/mol. The summed E-state index contributed by atoms with van der Waals surface area (Å²) in [6.45, 7) is 0. The maximum atomic E-state index is 12.0. The van der Waals surface area contributed by atoms with Crippen molar-refractivity contribution >= 4 is 17.5 Å². The lowest BCUT2D eigenvalue weighted by atomic mass is 10.1. The van der Waals surface area contributed by atoms with Gasteiger partial charge in [0.2, 0.25) is 0 Å². The van der Waals surface area contributed by atoms with Gasteiger partial charge in [0.1, 0.15) is 0 Å². The minimum absolute atomic E-state index is 0.0821. The molecule has 2 aromatic heterocycles. The molecule has 2 aromatic carbocycles. The van der Waals surface area contributed by atoms with Crippen molar-refractivity contribution in [2.24, 2.45) is 0 Å². The fourth-order valence-electron chi connectivity index (χ4n) is 3.31. The number of imidazole rings is 2. The van der Waals surface area contributed by atoms with Crippen LogP contribution in [-0.2, 0) is 0 Å². The van der Waals surface area contributed by atoms with Gasteiger partial charge in [-0.05, 0) is 12.8 Å². The largest absolute Gasteiger partial charge is 0.342 e. The minimum Gasteiger partial charge on any atom is -0.342 e. The third kappa shape index (κ3) is 5.07. The highest BCUT2D eigenvalue weighted by Crippen LogP contribution is 2.32. The summed E-state index contributed by atoms with van der Waals surface area (Å²) < 4.78 is 0. The van der Waals surface area contributed by atoms with E-state index in [9.17, 15) is 4.79 Å². The molecule has 0 fully saturated rings. The smallest absolute Gasteiger partial charge is 0.198 e. The average Bonchev–Trinajstić information content (AvgIpc) is 3.48. The molecular formula is C24H24N4OS. The highest BCUT2D eigenvalue weighted by Gasteiger charge is 2.14. The molecule has 0 unspecified atom stereocenters. The number of rotatable bonds is 10. The molecule has 6 heteroatoms. The number of benzene rings is 2. The third-order valence-electron chi connectivity index (χ3n) is 4.84. The molecule has 30 heavy (non-hydrogen) atoms. The summed E-state index contributed by atoms with van der Waals surface area (Å²) in [6.07, 6.45) is 6.76. The number of thioether (sulfide) groups is 1. The lowest BCUT2D eigenvalue weighted by Gasteiger charge is -2.02. The molecule has 4 rings (SSSR count). The molecule has 0 bridgehead atoms. The highest BCUT2D eigenvalue weighted by molar-refractivity contribution is 7.99. The molecule has 5 nitrogen and oxygen atoms in total. The number of unbranched alkanes of at least 4 members (excludes halogenated alkanes) is 2. The van der Waals surface area contributed by atoms with Crippen LogP contribution in [-0.4, -0.2) is 31.5 Å². The Kier molecular flexibility index (Phi) is 6.77. The normalized spacial score (nSPS) is 10.9. The molecule has 0 aliphatic carbocycles. The Bertz CT molecular complexity index is 1000. The summed E-state index contributed by atoms with van der Waals surface area (Å²) in [6, 6.07) is 20.6. The Morgan fingerprint density at radius 1 is 0.900 bits per heavy atom. The predicted octanol–water partition coefficient (Wildman–Crippen LogP) is 6.00. The van der Waals surface area contributed by atoms with E-state index in [0.717, 1.165) is 52.7 Å². The molecule has 0 spiro atoms. The van der Waals surface area contributed by atoms with Crippen LogP contribution in [0.25, 0.3) is 22.5 Å². The van der Waals surface area contributed by atoms with Crippen molar-refractivity contribution < 1.29 is 4.79 Å². The van der Waals surface area contributed by atoms with Crippen LogP contribution in [0.2, 0.25) is 0 Å². The number of H-pyrrole nitrogens is 2. The topological polar surface area (TPSA) is 74.4 Å². The van der Waals surface area contributed by atoms with E-state index < -0.39 is 0 Å². The Morgan fingerprint density at radius 2 is 1.63 bits per heavy atom. The second-order valence-corrected chi connectivity index (χ2v) is 8.10. The lowest BCUT2D eigenvalue weighted by molar-refractivity contribution is 0.0970. The molecule has 0 atom stereocenters. The zero-order valence-electron chi connectivity index (χ0n) is 16.7. The Labute approximate surface area is 180 Å². The van der Waals surface area contributed by atoms with Crippen molar-refractivity contribution in [1.82, 2.24) is 19.9 Å². The molecule has 0 radical (unpaired) electrons. The second-order valence-electron chi connectivity index (χ2n) is 7.02. The van der Waals surface area contributed by atoms with Crippen molar-refractivity contribution in [3.05, 3.63) is 78.9 Å². The first-order valence-corrected chi connectivity index (χ1v) is 11.2. The van der Waals surface area contributed by atoms with Gasteiger partial charge in [-0.1, -0.05) is 78.8 Å². The molecule has 0 saturated heterocycles. The first-order valence-electron chi connectivity index (χ1n) is 10.2.